The zero-order valence-electron chi connectivity index (χ0n) is 37.6. The van der Waals surface area contributed by atoms with Crippen LogP contribution in [0, 0.1) is 11.8 Å². The maximum Gasteiger partial charge on any atom is 0.306 e. The molecule has 6 nitrogen and oxygen atoms in total. The van der Waals surface area contributed by atoms with Gasteiger partial charge in [-0.2, -0.15) is 0 Å². The quantitative estimate of drug-likeness (QED) is 0.0348. The van der Waals surface area contributed by atoms with Gasteiger partial charge in [-0.15, -0.1) is 0 Å². The smallest absolute Gasteiger partial charge is 0.306 e. The fourth-order valence-corrected chi connectivity index (χ4v) is 7.28. The first-order chi connectivity index (χ1) is 26.7. The Morgan fingerprint density at radius 1 is 0.345 bits per heavy atom. The Bertz CT molecular complexity index is 839. The summed E-state index contributed by atoms with van der Waals surface area (Å²) in [5.74, 6) is 0.760. The third kappa shape index (κ3) is 43.4. The van der Waals surface area contributed by atoms with Gasteiger partial charge in [-0.25, -0.2) is 0 Å². The summed E-state index contributed by atoms with van der Waals surface area (Å²) in [7, 11) is 0. The first-order valence-corrected chi connectivity index (χ1v) is 24.2. The molecule has 0 aromatic heterocycles. The zero-order chi connectivity index (χ0) is 40.5. The fraction of sp³-hybridized carbons (Fsp3) is 0.939. The second kappa shape index (κ2) is 42.0. The molecule has 0 aliphatic rings. The van der Waals surface area contributed by atoms with Crippen molar-refractivity contribution >= 4 is 17.9 Å². The number of carbonyl (C=O) groups is 3. The van der Waals surface area contributed by atoms with Gasteiger partial charge < -0.3 is 14.2 Å². The molecule has 0 radical (unpaired) electrons. The molecule has 0 aromatic carbocycles. The molecule has 0 amide bonds. The van der Waals surface area contributed by atoms with Crippen molar-refractivity contribution in [1.82, 2.24) is 0 Å². The molecule has 326 valence electrons. The molecule has 0 unspecified atom stereocenters. The van der Waals surface area contributed by atoms with E-state index in [1.807, 2.05) is 0 Å². The van der Waals surface area contributed by atoms with E-state index in [1.54, 1.807) is 0 Å². The molecule has 0 rings (SSSR count). The first kappa shape index (κ1) is 53.4. The molecule has 0 saturated carbocycles. The topological polar surface area (TPSA) is 78.9 Å². The van der Waals surface area contributed by atoms with Gasteiger partial charge in [-0.1, -0.05) is 227 Å². The van der Waals surface area contributed by atoms with E-state index in [4.69, 9.17) is 14.2 Å². The van der Waals surface area contributed by atoms with E-state index >= 15 is 0 Å². The third-order valence-electron chi connectivity index (χ3n) is 11.0. The van der Waals surface area contributed by atoms with Crippen molar-refractivity contribution in [2.24, 2.45) is 11.8 Å². The summed E-state index contributed by atoms with van der Waals surface area (Å²) in [4.78, 5) is 37.8. The summed E-state index contributed by atoms with van der Waals surface area (Å²) < 4.78 is 16.8. The number of hydrogen-bond donors (Lipinski definition) is 0. The molecule has 0 saturated heterocycles. The third-order valence-corrected chi connectivity index (χ3v) is 11.0. The highest BCUT2D eigenvalue weighted by atomic mass is 16.6. The second-order valence-electron chi connectivity index (χ2n) is 17.7. The number of rotatable bonds is 43. The van der Waals surface area contributed by atoms with Crippen molar-refractivity contribution < 1.29 is 28.6 Å². The van der Waals surface area contributed by atoms with Crippen LogP contribution in [0.25, 0.3) is 0 Å². The van der Waals surface area contributed by atoms with Gasteiger partial charge in [0.25, 0.3) is 0 Å². The monoisotopic (exact) mass is 779 g/mol. The predicted octanol–water partition coefficient (Wildman–Crippen LogP) is 15.4. The first-order valence-electron chi connectivity index (χ1n) is 24.2. The van der Waals surface area contributed by atoms with Crippen LogP contribution in [0.4, 0.5) is 0 Å². The minimum Gasteiger partial charge on any atom is -0.462 e. The average Bonchev–Trinajstić information content (AvgIpc) is 3.15. The van der Waals surface area contributed by atoms with E-state index < -0.39 is 6.10 Å². The molecule has 0 aliphatic carbocycles. The van der Waals surface area contributed by atoms with Crippen molar-refractivity contribution in [3.8, 4) is 0 Å². The van der Waals surface area contributed by atoms with Crippen LogP contribution in [0.1, 0.15) is 266 Å². The van der Waals surface area contributed by atoms with E-state index in [0.29, 0.717) is 19.3 Å². The Morgan fingerprint density at radius 3 is 0.891 bits per heavy atom. The summed E-state index contributed by atoms with van der Waals surface area (Å²) in [6.07, 6.45) is 40.9. The molecule has 0 aromatic rings. The van der Waals surface area contributed by atoms with Crippen molar-refractivity contribution in [3.05, 3.63) is 0 Å². The largest absolute Gasteiger partial charge is 0.462 e. The Morgan fingerprint density at radius 2 is 0.600 bits per heavy atom. The summed E-state index contributed by atoms with van der Waals surface area (Å²) >= 11 is 0. The van der Waals surface area contributed by atoms with E-state index in [9.17, 15) is 14.4 Å². The van der Waals surface area contributed by atoms with Gasteiger partial charge in [-0.3, -0.25) is 14.4 Å². The van der Waals surface area contributed by atoms with Gasteiger partial charge in [0, 0.05) is 19.3 Å². The van der Waals surface area contributed by atoms with Crippen molar-refractivity contribution in [2.45, 2.75) is 272 Å². The molecule has 55 heavy (non-hydrogen) atoms. The maximum absolute atomic E-state index is 12.7. The van der Waals surface area contributed by atoms with E-state index in [-0.39, 0.29) is 31.1 Å². The lowest BCUT2D eigenvalue weighted by molar-refractivity contribution is -0.167. The highest BCUT2D eigenvalue weighted by molar-refractivity contribution is 5.71. The average molecular weight is 779 g/mol. The van der Waals surface area contributed by atoms with Crippen LogP contribution in [-0.4, -0.2) is 37.2 Å². The van der Waals surface area contributed by atoms with Crippen molar-refractivity contribution in [3.63, 3.8) is 0 Å². The maximum atomic E-state index is 12.7. The Labute approximate surface area is 342 Å². The predicted molar refractivity (Wildman–Crippen MR) is 233 cm³/mol. The van der Waals surface area contributed by atoms with Gasteiger partial charge >= 0.3 is 17.9 Å². The molecule has 0 spiro atoms. The molecule has 0 N–H and O–H groups in total. The van der Waals surface area contributed by atoms with Crippen molar-refractivity contribution in [1.29, 1.82) is 0 Å². The summed E-state index contributed by atoms with van der Waals surface area (Å²) in [5, 5.41) is 0. The molecule has 1 atom stereocenters. The zero-order valence-corrected chi connectivity index (χ0v) is 37.6. The van der Waals surface area contributed by atoms with Gasteiger partial charge in [0.2, 0.25) is 0 Å². The van der Waals surface area contributed by atoms with Gasteiger partial charge in [0.15, 0.2) is 6.10 Å². The minimum absolute atomic E-state index is 0.0645. The minimum atomic E-state index is -0.761. The van der Waals surface area contributed by atoms with Crippen LogP contribution in [0.3, 0.4) is 0 Å². The van der Waals surface area contributed by atoms with Crippen LogP contribution in [0.15, 0.2) is 0 Å². The van der Waals surface area contributed by atoms with Gasteiger partial charge in [0.1, 0.15) is 13.2 Å². The summed E-state index contributed by atoms with van der Waals surface area (Å²) in [5.41, 5.74) is 0. The second-order valence-corrected chi connectivity index (χ2v) is 17.7. The normalized spacial score (nSPS) is 12.1. The van der Waals surface area contributed by atoms with Crippen LogP contribution < -0.4 is 0 Å². The molecular formula is C49H94O6. The van der Waals surface area contributed by atoms with Crippen molar-refractivity contribution in [2.75, 3.05) is 13.2 Å². The molecule has 0 fully saturated rings. The van der Waals surface area contributed by atoms with Crippen LogP contribution >= 0.6 is 0 Å². The highest BCUT2D eigenvalue weighted by Gasteiger charge is 2.19. The lowest BCUT2D eigenvalue weighted by atomic mass is 10.0. The molecule has 6 heteroatoms. The number of carbonyl (C=O) groups excluding carboxylic acids is 3. The lowest BCUT2D eigenvalue weighted by Crippen LogP contribution is -2.30. The van der Waals surface area contributed by atoms with Crippen LogP contribution in [-0.2, 0) is 28.6 Å². The molecule has 0 aliphatic heterocycles. The molecular weight excluding hydrogens is 685 g/mol. The fourth-order valence-electron chi connectivity index (χ4n) is 7.28. The Kier molecular flexibility index (Phi) is 40.8. The van der Waals surface area contributed by atoms with E-state index in [1.165, 1.54) is 154 Å². The highest BCUT2D eigenvalue weighted by Crippen LogP contribution is 2.17. The number of unbranched alkanes of at least 4 members (excludes halogenated alkanes) is 28. The Balaban J connectivity index is 4.33. The summed E-state index contributed by atoms with van der Waals surface area (Å²) in [6.45, 7) is 11.3. The number of hydrogen-bond acceptors (Lipinski definition) is 6. The van der Waals surface area contributed by atoms with Crippen LogP contribution in [0.2, 0.25) is 0 Å². The standard InChI is InChI=1S/C49H94O6/c1-6-7-8-9-10-11-12-13-14-19-24-29-34-39-47(50)53-42-46(55-49(52)41-36-31-26-21-16-18-23-28-33-38-45(4)5)43-54-48(51)40-35-30-25-20-15-17-22-27-32-37-44(2)3/h44-46H,6-43H2,1-5H3/t46-/m1/s1. The van der Waals surface area contributed by atoms with Crippen LogP contribution in [0.5, 0.6) is 0 Å². The summed E-state index contributed by atoms with van der Waals surface area (Å²) in [6, 6.07) is 0. The van der Waals surface area contributed by atoms with Gasteiger partial charge in [0.05, 0.1) is 0 Å². The molecule has 0 heterocycles. The lowest BCUT2D eigenvalue weighted by Gasteiger charge is -2.18. The Hall–Kier alpha value is -1.59. The SMILES string of the molecule is CCCCCCCCCCCCCCCC(=O)OC[C@H](COC(=O)CCCCCCCCCCCC(C)C)OC(=O)CCCCCCCCCCCC(C)C. The number of esters is 3. The number of ether oxygens (including phenoxy) is 3. The van der Waals surface area contributed by atoms with E-state index in [2.05, 4.69) is 34.6 Å². The van der Waals surface area contributed by atoms with Gasteiger partial charge in [-0.05, 0) is 31.1 Å². The van der Waals surface area contributed by atoms with E-state index in [0.717, 1.165) is 69.6 Å². The molecule has 0 bridgehead atoms.